The van der Waals surface area contributed by atoms with Crippen molar-refractivity contribution in [2.24, 2.45) is 0 Å². The van der Waals surface area contributed by atoms with Crippen molar-refractivity contribution >= 4 is 22.5 Å². The Hall–Kier alpha value is -2.14. The molecule has 0 radical (unpaired) electrons. The van der Waals surface area contributed by atoms with E-state index >= 15 is 0 Å². The van der Waals surface area contributed by atoms with Crippen LogP contribution in [0.5, 0.6) is 5.75 Å². The van der Waals surface area contributed by atoms with Crippen molar-refractivity contribution in [3.8, 4) is 5.75 Å². The third-order valence-electron chi connectivity index (χ3n) is 3.96. The van der Waals surface area contributed by atoms with Gasteiger partial charge in [-0.1, -0.05) is 6.92 Å². The number of rotatable bonds is 7. The number of hydrogen-bond donors (Lipinski definition) is 1. The molecule has 24 heavy (non-hydrogen) atoms. The molecular weight excluding hydrogens is 304 g/mol. The number of benzene rings is 1. The van der Waals surface area contributed by atoms with E-state index in [4.69, 9.17) is 9.47 Å². The van der Waals surface area contributed by atoms with Crippen molar-refractivity contribution in [2.45, 2.75) is 52.7 Å². The molecule has 5 nitrogen and oxygen atoms in total. The van der Waals surface area contributed by atoms with Crippen LogP contribution in [0.4, 0.5) is 5.69 Å². The van der Waals surface area contributed by atoms with Gasteiger partial charge in [-0.25, -0.2) is 0 Å². The van der Waals surface area contributed by atoms with Crippen molar-refractivity contribution < 1.29 is 14.3 Å². The topological polar surface area (TPSA) is 60.5 Å². The maximum atomic E-state index is 12.7. The lowest BCUT2D eigenvalue weighted by Gasteiger charge is -2.27. The third kappa shape index (κ3) is 3.85. The van der Waals surface area contributed by atoms with Crippen LogP contribution in [0.1, 0.15) is 41.0 Å². The Bertz CT molecular complexity index is 715. The predicted molar refractivity (Wildman–Crippen MR) is 96.5 cm³/mol. The summed E-state index contributed by atoms with van der Waals surface area (Å²) in [6, 6.07) is 7.46. The highest BCUT2D eigenvalue weighted by molar-refractivity contribution is 6.05. The molecule has 1 atom stereocenters. The minimum absolute atomic E-state index is 0.0528. The molecule has 0 fully saturated rings. The van der Waals surface area contributed by atoms with Crippen LogP contribution < -0.4 is 10.1 Å². The number of ether oxygens (including phenoxy) is 2. The molecule has 0 saturated carbocycles. The van der Waals surface area contributed by atoms with Crippen LogP contribution in [0.25, 0.3) is 10.9 Å². The molecule has 0 saturated heterocycles. The van der Waals surface area contributed by atoms with Gasteiger partial charge in [0.15, 0.2) is 0 Å². The molecule has 130 valence electrons. The highest BCUT2D eigenvalue weighted by atomic mass is 16.5. The molecule has 1 amide bonds. The first-order valence-electron chi connectivity index (χ1n) is 8.41. The minimum atomic E-state index is -0.851. The van der Waals surface area contributed by atoms with E-state index in [-0.39, 0.29) is 12.0 Å². The van der Waals surface area contributed by atoms with Crippen molar-refractivity contribution in [1.82, 2.24) is 4.98 Å². The number of hydrogen-bond acceptors (Lipinski definition) is 4. The maximum Gasteiger partial charge on any atom is 0.256 e. The Balaban J connectivity index is 2.38. The SMILES string of the molecule is CCO[C@@](C)(CC)C(=O)Nc1ccc(OC(C)C)c2ncccc12. The Kier molecular flexibility index (Phi) is 5.78. The normalized spacial score (nSPS) is 13.8. The van der Waals surface area contributed by atoms with E-state index in [1.54, 1.807) is 6.20 Å². The molecule has 1 aromatic heterocycles. The van der Waals surface area contributed by atoms with E-state index in [1.165, 1.54) is 0 Å². The van der Waals surface area contributed by atoms with Crippen LogP contribution in [0.3, 0.4) is 0 Å². The molecule has 0 aliphatic carbocycles. The Morgan fingerprint density at radius 3 is 2.67 bits per heavy atom. The summed E-state index contributed by atoms with van der Waals surface area (Å²) >= 11 is 0. The van der Waals surface area contributed by atoms with Crippen LogP contribution >= 0.6 is 0 Å². The van der Waals surface area contributed by atoms with Crippen LogP contribution in [0.2, 0.25) is 0 Å². The molecule has 0 aliphatic rings. The zero-order valence-corrected chi connectivity index (χ0v) is 15.1. The van der Waals surface area contributed by atoms with Gasteiger partial charge in [0.25, 0.3) is 5.91 Å². The van der Waals surface area contributed by atoms with E-state index in [9.17, 15) is 4.79 Å². The number of nitrogens with one attached hydrogen (secondary N) is 1. The molecule has 0 aliphatic heterocycles. The lowest BCUT2D eigenvalue weighted by molar-refractivity contribution is -0.139. The largest absolute Gasteiger partial charge is 0.489 e. The number of amides is 1. The van der Waals surface area contributed by atoms with Gasteiger partial charge in [-0.3, -0.25) is 9.78 Å². The van der Waals surface area contributed by atoms with Crippen molar-refractivity contribution in [3.63, 3.8) is 0 Å². The first kappa shape index (κ1) is 18.2. The first-order chi connectivity index (χ1) is 11.4. The van der Waals surface area contributed by atoms with Crippen molar-refractivity contribution in [1.29, 1.82) is 0 Å². The van der Waals surface area contributed by atoms with Gasteiger partial charge in [0, 0.05) is 18.2 Å². The number of carbonyl (C=O) groups is 1. The average molecular weight is 330 g/mol. The molecule has 2 rings (SSSR count). The van der Waals surface area contributed by atoms with Gasteiger partial charge in [-0.2, -0.15) is 0 Å². The van der Waals surface area contributed by atoms with Crippen LogP contribution in [0.15, 0.2) is 30.5 Å². The van der Waals surface area contributed by atoms with E-state index in [1.807, 2.05) is 58.9 Å². The summed E-state index contributed by atoms with van der Waals surface area (Å²) in [4.78, 5) is 17.1. The fraction of sp³-hybridized carbons (Fsp3) is 0.474. The highest BCUT2D eigenvalue weighted by Crippen LogP contribution is 2.31. The Morgan fingerprint density at radius 2 is 2.04 bits per heavy atom. The standard InChI is InChI=1S/C19H26N2O3/c1-6-19(5,23-7-2)18(22)21-15-10-11-16(24-13(3)4)17-14(15)9-8-12-20-17/h8-13H,6-7H2,1-5H3,(H,21,22)/t19-/m0/s1. The zero-order valence-electron chi connectivity index (χ0n) is 15.1. The third-order valence-corrected chi connectivity index (χ3v) is 3.96. The minimum Gasteiger partial charge on any atom is -0.489 e. The second-order valence-electron chi connectivity index (χ2n) is 6.15. The summed E-state index contributed by atoms with van der Waals surface area (Å²) < 4.78 is 11.5. The summed E-state index contributed by atoms with van der Waals surface area (Å²) in [5, 5.41) is 3.83. The van der Waals surface area contributed by atoms with Crippen LogP contribution in [-0.4, -0.2) is 29.2 Å². The van der Waals surface area contributed by atoms with E-state index in [2.05, 4.69) is 10.3 Å². The van der Waals surface area contributed by atoms with Crippen LogP contribution in [0, 0.1) is 0 Å². The van der Waals surface area contributed by atoms with Gasteiger partial charge in [-0.15, -0.1) is 0 Å². The fourth-order valence-electron chi connectivity index (χ4n) is 2.51. The van der Waals surface area contributed by atoms with Gasteiger partial charge >= 0.3 is 0 Å². The fourth-order valence-corrected chi connectivity index (χ4v) is 2.51. The molecule has 2 aromatic rings. The summed E-state index contributed by atoms with van der Waals surface area (Å²) in [6.07, 6.45) is 2.37. The molecule has 0 bridgehead atoms. The summed E-state index contributed by atoms with van der Waals surface area (Å²) in [6.45, 7) is 10.1. The van der Waals surface area contributed by atoms with E-state index < -0.39 is 5.60 Å². The molecule has 1 N–H and O–H groups in total. The van der Waals surface area contributed by atoms with Gasteiger partial charge < -0.3 is 14.8 Å². The predicted octanol–water partition coefficient (Wildman–Crippen LogP) is 4.17. The monoisotopic (exact) mass is 330 g/mol. The Labute approximate surface area is 143 Å². The van der Waals surface area contributed by atoms with Crippen molar-refractivity contribution in [2.75, 3.05) is 11.9 Å². The molecular formula is C19H26N2O3. The molecule has 5 heteroatoms. The number of pyridine rings is 1. The first-order valence-corrected chi connectivity index (χ1v) is 8.41. The highest BCUT2D eigenvalue weighted by Gasteiger charge is 2.32. The van der Waals surface area contributed by atoms with Gasteiger partial charge in [0.1, 0.15) is 16.9 Å². The molecule has 0 spiro atoms. The molecule has 1 aromatic carbocycles. The lowest BCUT2D eigenvalue weighted by Crippen LogP contribution is -2.42. The maximum absolute atomic E-state index is 12.7. The summed E-state index contributed by atoms with van der Waals surface area (Å²) in [5.41, 5.74) is 0.591. The van der Waals surface area contributed by atoms with E-state index in [0.717, 1.165) is 10.9 Å². The van der Waals surface area contributed by atoms with Crippen LogP contribution in [-0.2, 0) is 9.53 Å². The molecule has 1 heterocycles. The summed E-state index contributed by atoms with van der Waals surface area (Å²) in [5.74, 6) is 0.552. The molecule has 0 unspecified atom stereocenters. The van der Waals surface area contributed by atoms with Crippen molar-refractivity contribution in [3.05, 3.63) is 30.5 Å². The number of aromatic nitrogens is 1. The number of fused-ring (bicyclic) bond motifs is 1. The average Bonchev–Trinajstić information content (AvgIpc) is 2.56. The number of carbonyl (C=O) groups excluding carboxylic acids is 1. The van der Waals surface area contributed by atoms with Gasteiger partial charge in [-0.05, 0) is 58.4 Å². The summed E-state index contributed by atoms with van der Waals surface area (Å²) in [7, 11) is 0. The lowest BCUT2D eigenvalue weighted by atomic mass is 10.0. The Morgan fingerprint density at radius 1 is 1.29 bits per heavy atom. The quantitative estimate of drug-likeness (QED) is 0.828. The number of nitrogens with zero attached hydrogens (tertiary/aromatic N) is 1. The van der Waals surface area contributed by atoms with Gasteiger partial charge in [0.2, 0.25) is 0 Å². The van der Waals surface area contributed by atoms with E-state index in [0.29, 0.717) is 24.5 Å². The van der Waals surface area contributed by atoms with Gasteiger partial charge in [0.05, 0.1) is 11.8 Å². The second kappa shape index (κ2) is 7.62. The second-order valence-corrected chi connectivity index (χ2v) is 6.15. The number of anilines is 1. The smallest absolute Gasteiger partial charge is 0.256 e. The zero-order chi connectivity index (χ0) is 17.7.